The molecule has 0 spiro atoms. The first-order valence-electron chi connectivity index (χ1n) is 8.87. The molecule has 1 aromatic rings. The number of benzene rings is 1. The number of hydrogen-bond acceptors (Lipinski definition) is 3. The molecule has 0 saturated heterocycles. The van der Waals surface area contributed by atoms with Gasteiger partial charge in [-0.1, -0.05) is 33.3 Å². The van der Waals surface area contributed by atoms with Gasteiger partial charge in [-0.05, 0) is 37.5 Å². The third kappa shape index (κ3) is 6.21. The van der Waals surface area contributed by atoms with Crippen molar-refractivity contribution < 1.29 is 19.5 Å². The highest BCUT2D eigenvalue weighted by Crippen LogP contribution is 2.11. The van der Waals surface area contributed by atoms with Gasteiger partial charge < -0.3 is 15.3 Å². The van der Waals surface area contributed by atoms with Crippen LogP contribution in [0, 0.1) is 0 Å². The number of rotatable bonds is 10. The molecule has 1 aromatic carbocycles. The van der Waals surface area contributed by atoms with Gasteiger partial charge in [-0.3, -0.25) is 9.59 Å². The van der Waals surface area contributed by atoms with Gasteiger partial charge in [-0.2, -0.15) is 0 Å². The largest absolute Gasteiger partial charge is 0.480 e. The van der Waals surface area contributed by atoms with Crippen LogP contribution in [0.2, 0.25) is 0 Å². The van der Waals surface area contributed by atoms with Crippen LogP contribution in [-0.4, -0.2) is 46.9 Å². The number of carboxylic acids is 1. The average molecular weight is 348 g/mol. The number of hydrogen-bond donors (Lipinski definition) is 2. The Bertz CT molecular complexity index is 595. The predicted octanol–water partition coefficient (Wildman–Crippen LogP) is 2.93. The van der Waals surface area contributed by atoms with Crippen LogP contribution in [0.4, 0.5) is 0 Å². The van der Waals surface area contributed by atoms with Crippen molar-refractivity contribution in [1.29, 1.82) is 0 Å². The molecule has 25 heavy (non-hydrogen) atoms. The predicted molar refractivity (Wildman–Crippen MR) is 96.7 cm³/mol. The number of carbonyl (C=O) groups is 3. The van der Waals surface area contributed by atoms with E-state index in [2.05, 4.69) is 5.32 Å². The third-order valence-corrected chi connectivity index (χ3v) is 3.83. The number of nitrogens with one attached hydrogen (secondary N) is 1. The maximum Gasteiger partial charge on any atom is 0.326 e. The smallest absolute Gasteiger partial charge is 0.326 e. The molecule has 1 rings (SSSR count). The van der Waals surface area contributed by atoms with Crippen molar-refractivity contribution in [1.82, 2.24) is 10.2 Å². The molecule has 0 saturated carbocycles. The van der Waals surface area contributed by atoms with Gasteiger partial charge in [0.05, 0.1) is 0 Å². The highest BCUT2D eigenvalue weighted by molar-refractivity contribution is 6.00. The second-order valence-electron chi connectivity index (χ2n) is 6.03. The monoisotopic (exact) mass is 348 g/mol. The van der Waals surface area contributed by atoms with E-state index in [9.17, 15) is 14.4 Å². The number of amides is 2. The van der Waals surface area contributed by atoms with Crippen molar-refractivity contribution in [2.45, 2.75) is 52.5 Å². The first-order chi connectivity index (χ1) is 11.9. The minimum absolute atomic E-state index is 0.110. The fourth-order valence-electron chi connectivity index (χ4n) is 2.62. The molecular weight excluding hydrogens is 320 g/mol. The van der Waals surface area contributed by atoms with Gasteiger partial charge in [0.1, 0.15) is 6.04 Å². The topological polar surface area (TPSA) is 86.7 Å². The van der Waals surface area contributed by atoms with Gasteiger partial charge in [-0.25, -0.2) is 4.79 Å². The van der Waals surface area contributed by atoms with Gasteiger partial charge in [0.2, 0.25) is 0 Å². The van der Waals surface area contributed by atoms with Crippen molar-refractivity contribution in [2.24, 2.45) is 0 Å². The number of carbonyl (C=O) groups excluding carboxylic acids is 2. The van der Waals surface area contributed by atoms with Gasteiger partial charge in [0.15, 0.2) is 0 Å². The van der Waals surface area contributed by atoms with Crippen LogP contribution in [0.5, 0.6) is 0 Å². The lowest BCUT2D eigenvalue weighted by molar-refractivity contribution is -0.139. The van der Waals surface area contributed by atoms with E-state index in [0.717, 1.165) is 12.8 Å². The Morgan fingerprint density at radius 3 is 2.16 bits per heavy atom. The summed E-state index contributed by atoms with van der Waals surface area (Å²) in [4.78, 5) is 37.9. The number of nitrogens with zero attached hydrogens (tertiary/aromatic N) is 1. The Morgan fingerprint density at radius 2 is 1.64 bits per heavy atom. The molecule has 2 N–H and O–H groups in total. The zero-order chi connectivity index (χ0) is 18.8. The molecule has 0 aromatic heterocycles. The van der Waals surface area contributed by atoms with Crippen LogP contribution < -0.4 is 5.32 Å². The molecule has 1 unspecified atom stereocenters. The summed E-state index contributed by atoms with van der Waals surface area (Å²) in [5.74, 6) is -1.64. The Balaban J connectivity index is 2.93. The van der Waals surface area contributed by atoms with Gasteiger partial charge in [-0.15, -0.1) is 0 Å². The molecule has 1 atom stereocenters. The molecule has 0 aliphatic rings. The van der Waals surface area contributed by atoms with Crippen molar-refractivity contribution in [2.75, 3.05) is 13.1 Å². The summed E-state index contributed by atoms with van der Waals surface area (Å²) in [7, 11) is 0. The van der Waals surface area contributed by atoms with E-state index in [1.54, 1.807) is 23.1 Å². The lowest BCUT2D eigenvalue weighted by atomic mass is 10.1. The van der Waals surface area contributed by atoms with Crippen LogP contribution >= 0.6 is 0 Å². The summed E-state index contributed by atoms with van der Waals surface area (Å²) < 4.78 is 0. The van der Waals surface area contributed by atoms with Crippen LogP contribution in [0.3, 0.4) is 0 Å². The Morgan fingerprint density at radius 1 is 1.04 bits per heavy atom. The zero-order valence-corrected chi connectivity index (χ0v) is 15.2. The van der Waals surface area contributed by atoms with E-state index in [-0.39, 0.29) is 5.91 Å². The van der Waals surface area contributed by atoms with E-state index in [1.807, 2.05) is 20.8 Å². The Kier molecular flexibility index (Phi) is 8.67. The average Bonchev–Trinajstić information content (AvgIpc) is 2.60. The maximum atomic E-state index is 12.6. The normalized spacial score (nSPS) is 11.6. The van der Waals surface area contributed by atoms with Crippen LogP contribution in [0.1, 0.15) is 67.2 Å². The van der Waals surface area contributed by atoms with E-state index >= 15 is 0 Å². The van der Waals surface area contributed by atoms with Crippen LogP contribution in [0.25, 0.3) is 0 Å². The SMILES string of the molecule is CCCC(NC(=O)c1cccc(C(=O)N(CCC)CCC)c1)C(=O)O. The zero-order valence-electron chi connectivity index (χ0n) is 15.2. The minimum Gasteiger partial charge on any atom is -0.480 e. The second-order valence-corrected chi connectivity index (χ2v) is 6.03. The summed E-state index contributed by atoms with van der Waals surface area (Å²) in [5, 5.41) is 11.7. The van der Waals surface area contributed by atoms with Crippen molar-refractivity contribution in [3.05, 3.63) is 35.4 Å². The summed E-state index contributed by atoms with van der Waals surface area (Å²) in [6.07, 6.45) is 2.74. The van der Waals surface area contributed by atoms with Crippen molar-refractivity contribution in [3.63, 3.8) is 0 Å². The summed E-state index contributed by atoms with van der Waals surface area (Å²) in [5.41, 5.74) is 0.734. The summed E-state index contributed by atoms with van der Waals surface area (Å²) >= 11 is 0. The molecule has 6 heteroatoms. The van der Waals surface area contributed by atoms with Gasteiger partial charge in [0.25, 0.3) is 11.8 Å². The highest BCUT2D eigenvalue weighted by atomic mass is 16.4. The van der Waals surface area contributed by atoms with Crippen molar-refractivity contribution >= 4 is 17.8 Å². The Hall–Kier alpha value is -2.37. The van der Waals surface area contributed by atoms with Crippen LogP contribution in [0.15, 0.2) is 24.3 Å². The minimum atomic E-state index is -1.06. The van der Waals surface area contributed by atoms with E-state index < -0.39 is 17.9 Å². The molecule has 0 heterocycles. The van der Waals surface area contributed by atoms with E-state index in [1.165, 1.54) is 6.07 Å². The van der Waals surface area contributed by atoms with Crippen LogP contribution in [-0.2, 0) is 4.79 Å². The molecule has 0 aliphatic heterocycles. The fourth-order valence-corrected chi connectivity index (χ4v) is 2.62. The molecule has 2 amide bonds. The Labute approximate surface area is 149 Å². The fraction of sp³-hybridized carbons (Fsp3) is 0.526. The quantitative estimate of drug-likeness (QED) is 0.680. The molecule has 0 radical (unpaired) electrons. The lowest BCUT2D eigenvalue weighted by Gasteiger charge is -2.21. The molecule has 0 fully saturated rings. The molecule has 0 bridgehead atoms. The van der Waals surface area contributed by atoms with Gasteiger partial charge in [0, 0.05) is 24.2 Å². The number of carboxylic acid groups (broad SMARTS) is 1. The summed E-state index contributed by atoms with van der Waals surface area (Å²) in [6, 6.07) is 5.52. The molecular formula is C19H28N2O4. The lowest BCUT2D eigenvalue weighted by Crippen LogP contribution is -2.40. The molecule has 0 aliphatic carbocycles. The molecule has 138 valence electrons. The van der Waals surface area contributed by atoms with Gasteiger partial charge >= 0.3 is 5.97 Å². The first kappa shape index (κ1) is 20.7. The standard InChI is InChI=1S/C19H28N2O4/c1-4-8-16(19(24)25)20-17(22)14-9-7-10-15(13-14)18(23)21(11-5-2)12-6-3/h7,9-10,13,16H,4-6,8,11-12H2,1-3H3,(H,20,22)(H,24,25). The second kappa shape index (κ2) is 10.5. The number of aliphatic carboxylic acids is 1. The third-order valence-electron chi connectivity index (χ3n) is 3.83. The maximum absolute atomic E-state index is 12.6. The molecule has 6 nitrogen and oxygen atoms in total. The first-order valence-corrected chi connectivity index (χ1v) is 8.87. The van der Waals surface area contributed by atoms with E-state index in [0.29, 0.717) is 37.1 Å². The van der Waals surface area contributed by atoms with Crippen molar-refractivity contribution in [3.8, 4) is 0 Å². The summed E-state index contributed by atoms with van der Waals surface area (Å²) in [6.45, 7) is 7.22. The van der Waals surface area contributed by atoms with E-state index in [4.69, 9.17) is 5.11 Å². The highest BCUT2D eigenvalue weighted by Gasteiger charge is 2.21.